The van der Waals surface area contributed by atoms with Crippen LogP contribution in [0.1, 0.15) is 25.5 Å². The quantitative estimate of drug-likeness (QED) is 0.297. The third-order valence-corrected chi connectivity index (χ3v) is 6.28. The normalized spacial score (nSPS) is 15.1. The number of aromatic nitrogens is 2. The van der Waals surface area contributed by atoms with Gasteiger partial charge in [0.2, 0.25) is 0 Å². The second kappa shape index (κ2) is 9.84. The SMILES string of the molecule is COC(=O)C1CCN(C(=S)N/N=C(/C)c2nn(C)c(-c3ccc(Cl)c(Cl)c3)c2O)CC1. The number of aromatic hydroxyl groups is 1. The third-order valence-electron chi connectivity index (χ3n) is 5.19. The highest BCUT2D eigenvalue weighted by Gasteiger charge is 2.26. The maximum Gasteiger partial charge on any atom is 0.308 e. The largest absolute Gasteiger partial charge is 0.504 e. The van der Waals surface area contributed by atoms with Crippen LogP contribution in [-0.4, -0.2) is 56.8 Å². The summed E-state index contributed by atoms with van der Waals surface area (Å²) >= 11 is 17.5. The highest BCUT2D eigenvalue weighted by atomic mass is 35.5. The molecule has 0 spiro atoms. The van der Waals surface area contributed by atoms with Gasteiger partial charge in [-0.3, -0.25) is 14.9 Å². The van der Waals surface area contributed by atoms with Crippen LogP contribution in [0, 0.1) is 5.92 Å². The van der Waals surface area contributed by atoms with E-state index >= 15 is 0 Å². The molecule has 31 heavy (non-hydrogen) atoms. The molecule has 1 aromatic carbocycles. The van der Waals surface area contributed by atoms with E-state index in [1.165, 1.54) is 7.11 Å². The van der Waals surface area contributed by atoms with Crippen LogP contribution in [0.15, 0.2) is 23.3 Å². The molecule has 2 aromatic rings. The van der Waals surface area contributed by atoms with Gasteiger partial charge in [0.15, 0.2) is 16.6 Å². The lowest BCUT2D eigenvalue weighted by molar-refractivity contribution is -0.146. The molecular weight excluding hydrogens is 461 g/mol. The predicted octanol–water partition coefficient (Wildman–Crippen LogP) is 3.58. The van der Waals surface area contributed by atoms with Crippen molar-refractivity contribution in [2.24, 2.45) is 18.1 Å². The van der Waals surface area contributed by atoms with Gasteiger partial charge in [0.1, 0.15) is 5.69 Å². The molecule has 166 valence electrons. The van der Waals surface area contributed by atoms with Crippen molar-refractivity contribution in [1.29, 1.82) is 0 Å². The number of hydrogen-bond acceptors (Lipinski definition) is 6. The summed E-state index contributed by atoms with van der Waals surface area (Å²) in [6, 6.07) is 5.09. The van der Waals surface area contributed by atoms with Gasteiger partial charge in [-0.25, -0.2) is 0 Å². The molecule has 1 aliphatic heterocycles. The first kappa shape index (κ1) is 23.3. The summed E-state index contributed by atoms with van der Waals surface area (Å²) in [6.45, 7) is 2.99. The van der Waals surface area contributed by atoms with E-state index in [2.05, 4.69) is 15.6 Å². The van der Waals surface area contributed by atoms with E-state index in [0.29, 0.717) is 63.8 Å². The summed E-state index contributed by atoms with van der Waals surface area (Å²) in [6.07, 6.45) is 1.34. The zero-order chi connectivity index (χ0) is 22.7. The van der Waals surface area contributed by atoms with E-state index in [0.717, 1.165) is 0 Å². The molecule has 0 atom stereocenters. The van der Waals surface area contributed by atoms with Gasteiger partial charge in [0.25, 0.3) is 0 Å². The van der Waals surface area contributed by atoms with E-state index in [4.69, 9.17) is 40.2 Å². The number of halogens is 2. The maximum atomic E-state index is 11.7. The Morgan fingerprint density at radius 1 is 1.32 bits per heavy atom. The number of aryl methyl sites for hydroxylation is 1. The number of rotatable bonds is 4. The van der Waals surface area contributed by atoms with Gasteiger partial charge in [-0.2, -0.15) is 10.2 Å². The van der Waals surface area contributed by atoms with Crippen LogP contribution in [-0.2, 0) is 16.6 Å². The van der Waals surface area contributed by atoms with Gasteiger partial charge in [0.05, 0.1) is 28.8 Å². The Morgan fingerprint density at radius 3 is 2.61 bits per heavy atom. The monoisotopic (exact) mass is 483 g/mol. The lowest BCUT2D eigenvalue weighted by Crippen LogP contribution is -2.44. The van der Waals surface area contributed by atoms with Crippen molar-refractivity contribution < 1.29 is 14.6 Å². The minimum Gasteiger partial charge on any atom is -0.504 e. The van der Waals surface area contributed by atoms with Crippen molar-refractivity contribution in [2.75, 3.05) is 20.2 Å². The number of benzene rings is 1. The zero-order valence-electron chi connectivity index (χ0n) is 17.4. The molecule has 0 amide bonds. The van der Waals surface area contributed by atoms with E-state index in [1.54, 1.807) is 36.9 Å². The second-order valence-corrected chi connectivity index (χ2v) is 8.40. The van der Waals surface area contributed by atoms with Crippen molar-refractivity contribution in [3.63, 3.8) is 0 Å². The molecule has 0 radical (unpaired) electrons. The number of hydrogen-bond donors (Lipinski definition) is 2. The van der Waals surface area contributed by atoms with Gasteiger partial charge >= 0.3 is 5.97 Å². The Bertz CT molecular complexity index is 1030. The standard InChI is InChI=1S/C20H23Cl2N5O3S/c1-11(23-24-20(31)27-8-6-12(7-9-27)19(29)30-3)16-18(28)17(26(2)25-16)13-4-5-14(21)15(22)10-13/h4-5,10,12,28H,6-9H2,1-3H3,(H,24,31)/b23-11-. The van der Waals surface area contributed by atoms with Crippen LogP contribution in [0.3, 0.4) is 0 Å². The summed E-state index contributed by atoms with van der Waals surface area (Å²) in [5.41, 5.74) is 4.81. The second-order valence-electron chi connectivity index (χ2n) is 7.20. The zero-order valence-corrected chi connectivity index (χ0v) is 19.7. The molecule has 2 N–H and O–H groups in total. The summed E-state index contributed by atoms with van der Waals surface area (Å²) in [5, 5.41) is 20.7. The van der Waals surface area contributed by atoms with Crippen LogP contribution in [0.25, 0.3) is 11.3 Å². The minimum absolute atomic E-state index is 0.0197. The number of carbonyl (C=O) groups excluding carboxylic acids is 1. The number of esters is 1. The van der Waals surface area contributed by atoms with E-state index in [9.17, 15) is 9.90 Å². The Hall–Kier alpha value is -2.36. The predicted molar refractivity (Wildman–Crippen MR) is 125 cm³/mol. The summed E-state index contributed by atoms with van der Waals surface area (Å²) in [7, 11) is 3.12. The number of nitrogens with one attached hydrogen (secondary N) is 1. The third kappa shape index (κ3) is 5.11. The Morgan fingerprint density at radius 2 is 2.00 bits per heavy atom. The van der Waals surface area contributed by atoms with Crippen molar-refractivity contribution in [1.82, 2.24) is 20.1 Å². The summed E-state index contributed by atoms with van der Waals surface area (Å²) in [4.78, 5) is 13.6. The van der Waals surface area contributed by atoms with Gasteiger partial charge in [-0.15, -0.1) is 0 Å². The molecule has 0 saturated carbocycles. The molecule has 0 aliphatic carbocycles. The summed E-state index contributed by atoms with van der Waals surface area (Å²) in [5.74, 6) is -0.302. The Labute approximate surface area is 195 Å². The number of nitrogens with zero attached hydrogens (tertiary/aromatic N) is 4. The lowest BCUT2D eigenvalue weighted by atomic mass is 9.97. The van der Waals surface area contributed by atoms with E-state index in [1.807, 2.05) is 4.90 Å². The molecule has 0 bridgehead atoms. The van der Waals surface area contributed by atoms with Gasteiger partial charge in [0, 0.05) is 25.7 Å². The number of carbonyl (C=O) groups is 1. The van der Waals surface area contributed by atoms with Crippen molar-refractivity contribution in [3.8, 4) is 17.0 Å². The van der Waals surface area contributed by atoms with Crippen LogP contribution in [0.5, 0.6) is 5.75 Å². The molecule has 1 fully saturated rings. The van der Waals surface area contributed by atoms with Gasteiger partial charge < -0.3 is 14.7 Å². The van der Waals surface area contributed by atoms with Crippen LogP contribution < -0.4 is 5.43 Å². The first-order valence-corrected chi connectivity index (χ1v) is 10.8. The number of likely N-dealkylation sites (tertiary alicyclic amines) is 1. The molecule has 11 heteroatoms. The fourth-order valence-corrected chi connectivity index (χ4v) is 3.99. The van der Waals surface area contributed by atoms with Crippen molar-refractivity contribution >= 4 is 52.2 Å². The average molecular weight is 484 g/mol. The van der Waals surface area contributed by atoms with Gasteiger partial charge in [-0.05, 0) is 44.1 Å². The molecule has 8 nitrogen and oxygen atoms in total. The fourth-order valence-electron chi connectivity index (χ4n) is 3.46. The first-order chi connectivity index (χ1) is 14.7. The average Bonchev–Trinajstić information content (AvgIpc) is 3.07. The summed E-state index contributed by atoms with van der Waals surface area (Å²) < 4.78 is 6.36. The van der Waals surface area contributed by atoms with Crippen LogP contribution in [0.4, 0.5) is 0 Å². The number of methoxy groups -OCH3 is 1. The van der Waals surface area contributed by atoms with Crippen LogP contribution >= 0.6 is 35.4 Å². The minimum atomic E-state index is -0.184. The Kier molecular flexibility index (Phi) is 7.40. The number of thiocarbonyl (C=S) groups is 1. The van der Waals surface area contributed by atoms with Crippen molar-refractivity contribution in [2.45, 2.75) is 19.8 Å². The Balaban J connectivity index is 1.70. The van der Waals surface area contributed by atoms with Crippen LogP contribution in [0.2, 0.25) is 10.0 Å². The topological polar surface area (TPSA) is 92.0 Å². The molecule has 1 saturated heterocycles. The molecule has 1 aromatic heterocycles. The van der Waals surface area contributed by atoms with E-state index < -0.39 is 0 Å². The number of ether oxygens (including phenoxy) is 1. The van der Waals surface area contributed by atoms with E-state index in [-0.39, 0.29) is 17.6 Å². The molecule has 3 rings (SSSR count). The number of hydrazone groups is 1. The fraction of sp³-hybridized carbons (Fsp3) is 0.400. The molecule has 0 unspecified atom stereocenters. The molecule has 2 heterocycles. The smallest absolute Gasteiger partial charge is 0.308 e. The highest BCUT2D eigenvalue weighted by molar-refractivity contribution is 7.80. The molecular formula is C20H23Cl2N5O3S. The highest BCUT2D eigenvalue weighted by Crippen LogP contribution is 2.35. The maximum absolute atomic E-state index is 11.7. The first-order valence-electron chi connectivity index (χ1n) is 9.61. The van der Waals surface area contributed by atoms with Crippen molar-refractivity contribution in [3.05, 3.63) is 33.9 Å². The number of piperidine rings is 1. The molecule has 1 aliphatic rings. The van der Waals surface area contributed by atoms with Gasteiger partial charge in [-0.1, -0.05) is 29.3 Å². The lowest BCUT2D eigenvalue weighted by Gasteiger charge is -2.31.